The van der Waals surface area contributed by atoms with Crippen LogP contribution in [0.25, 0.3) is 0 Å². The number of carbonyl (C=O) groups is 1. The van der Waals surface area contributed by atoms with E-state index in [0.717, 1.165) is 16.9 Å². The second-order valence-corrected chi connectivity index (χ2v) is 3.86. The summed E-state index contributed by atoms with van der Waals surface area (Å²) in [5.41, 5.74) is 7.56. The van der Waals surface area contributed by atoms with Gasteiger partial charge in [0.2, 0.25) is 5.91 Å². The summed E-state index contributed by atoms with van der Waals surface area (Å²) in [5.74, 6) is 0.644. The van der Waals surface area contributed by atoms with E-state index in [4.69, 9.17) is 10.5 Å². The third kappa shape index (κ3) is 5.06. The van der Waals surface area contributed by atoms with E-state index in [1.807, 2.05) is 25.1 Å². The molecule has 1 unspecified atom stereocenters. The highest BCUT2D eigenvalue weighted by Crippen LogP contribution is 2.16. The van der Waals surface area contributed by atoms with Crippen molar-refractivity contribution < 1.29 is 9.53 Å². The Balaban J connectivity index is 0.00000256. The first-order valence-corrected chi connectivity index (χ1v) is 5.21. The summed E-state index contributed by atoms with van der Waals surface area (Å²) in [6.07, 6.45) is 0. The second kappa shape index (κ2) is 7.14. The SMILES string of the molecule is COc1cc(C)cc(CNC(=O)C(C)N)c1.Cl. The van der Waals surface area contributed by atoms with E-state index in [-0.39, 0.29) is 18.3 Å². The van der Waals surface area contributed by atoms with Crippen LogP contribution >= 0.6 is 12.4 Å². The van der Waals surface area contributed by atoms with Crippen LogP contribution in [0.3, 0.4) is 0 Å². The molecule has 0 fully saturated rings. The van der Waals surface area contributed by atoms with Crippen LogP contribution in [0.15, 0.2) is 18.2 Å². The molecular weight excluding hydrogens is 240 g/mol. The maximum absolute atomic E-state index is 11.3. The predicted octanol–water partition coefficient (Wildman–Crippen LogP) is 1.39. The molecule has 1 aromatic rings. The fraction of sp³-hybridized carbons (Fsp3) is 0.417. The number of aryl methyl sites for hydroxylation is 1. The summed E-state index contributed by atoms with van der Waals surface area (Å²) in [6.45, 7) is 4.12. The highest BCUT2D eigenvalue weighted by Gasteiger charge is 2.06. The van der Waals surface area contributed by atoms with E-state index in [2.05, 4.69) is 5.32 Å². The van der Waals surface area contributed by atoms with Crippen molar-refractivity contribution in [3.63, 3.8) is 0 Å². The van der Waals surface area contributed by atoms with Crippen molar-refractivity contribution in [1.82, 2.24) is 5.32 Å². The number of ether oxygens (including phenoxy) is 1. The van der Waals surface area contributed by atoms with E-state index < -0.39 is 6.04 Å². The smallest absolute Gasteiger partial charge is 0.236 e. The van der Waals surface area contributed by atoms with Crippen molar-refractivity contribution in [3.8, 4) is 5.75 Å². The average molecular weight is 259 g/mol. The number of amides is 1. The molecule has 3 N–H and O–H groups in total. The molecule has 0 aliphatic heterocycles. The first kappa shape index (κ1) is 15.7. The molecule has 0 radical (unpaired) electrons. The van der Waals surface area contributed by atoms with Gasteiger partial charge in [-0.05, 0) is 37.1 Å². The maximum Gasteiger partial charge on any atom is 0.236 e. The minimum absolute atomic E-state index is 0. The van der Waals surface area contributed by atoms with Gasteiger partial charge in [-0.3, -0.25) is 4.79 Å². The van der Waals surface area contributed by atoms with Gasteiger partial charge in [0.1, 0.15) is 5.75 Å². The number of carbonyl (C=O) groups excluding carboxylic acids is 1. The number of hydrogen-bond donors (Lipinski definition) is 2. The summed E-state index contributed by atoms with van der Waals surface area (Å²) in [6, 6.07) is 5.36. The Labute approximate surface area is 108 Å². The molecule has 1 atom stereocenters. The van der Waals surface area contributed by atoms with E-state index >= 15 is 0 Å². The Morgan fingerprint density at radius 1 is 1.47 bits per heavy atom. The molecule has 1 amide bonds. The lowest BCUT2D eigenvalue weighted by Crippen LogP contribution is -2.37. The lowest BCUT2D eigenvalue weighted by molar-refractivity contribution is -0.122. The summed E-state index contributed by atoms with van der Waals surface area (Å²) >= 11 is 0. The van der Waals surface area contributed by atoms with Crippen LogP contribution in [-0.2, 0) is 11.3 Å². The molecule has 1 rings (SSSR count). The molecule has 0 spiro atoms. The Morgan fingerprint density at radius 2 is 2.12 bits per heavy atom. The molecule has 0 aromatic heterocycles. The standard InChI is InChI=1S/C12H18N2O2.ClH/c1-8-4-10(6-11(5-8)16-3)7-14-12(15)9(2)13;/h4-6,9H,7,13H2,1-3H3,(H,14,15);1H. The summed E-state index contributed by atoms with van der Waals surface area (Å²) in [7, 11) is 1.62. The van der Waals surface area contributed by atoms with E-state index in [0.29, 0.717) is 6.54 Å². The van der Waals surface area contributed by atoms with Gasteiger partial charge in [-0.15, -0.1) is 12.4 Å². The van der Waals surface area contributed by atoms with Crippen LogP contribution in [0, 0.1) is 6.92 Å². The molecule has 0 heterocycles. The quantitative estimate of drug-likeness (QED) is 0.858. The molecule has 96 valence electrons. The van der Waals surface area contributed by atoms with Gasteiger partial charge in [-0.25, -0.2) is 0 Å². The average Bonchev–Trinajstić information content (AvgIpc) is 2.24. The van der Waals surface area contributed by atoms with Crippen LogP contribution in [-0.4, -0.2) is 19.1 Å². The molecule has 0 bridgehead atoms. The number of hydrogen-bond acceptors (Lipinski definition) is 3. The zero-order valence-corrected chi connectivity index (χ0v) is 11.1. The fourth-order valence-corrected chi connectivity index (χ4v) is 1.39. The number of nitrogens with one attached hydrogen (secondary N) is 1. The summed E-state index contributed by atoms with van der Waals surface area (Å²) in [5, 5.41) is 2.76. The number of nitrogens with two attached hydrogens (primary N) is 1. The highest BCUT2D eigenvalue weighted by molar-refractivity contribution is 5.85. The minimum atomic E-state index is -0.480. The molecular formula is C12H19ClN2O2. The lowest BCUT2D eigenvalue weighted by Gasteiger charge is -2.09. The van der Waals surface area contributed by atoms with E-state index in [1.165, 1.54) is 0 Å². The number of methoxy groups -OCH3 is 1. The Hall–Kier alpha value is -1.26. The third-order valence-corrected chi connectivity index (χ3v) is 2.23. The maximum atomic E-state index is 11.3. The van der Waals surface area contributed by atoms with Gasteiger partial charge in [-0.2, -0.15) is 0 Å². The molecule has 1 aromatic carbocycles. The van der Waals surface area contributed by atoms with Gasteiger partial charge in [0.15, 0.2) is 0 Å². The van der Waals surface area contributed by atoms with Gasteiger partial charge in [-0.1, -0.05) is 6.07 Å². The van der Waals surface area contributed by atoms with Gasteiger partial charge in [0.25, 0.3) is 0 Å². The Bertz CT molecular complexity index is 381. The third-order valence-electron chi connectivity index (χ3n) is 2.23. The molecule has 0 saturated carbocycles. The first-order chi connectivity index (χ1) is 7.52. The molecule has 4 nitrogen and oxygen atoms in total. The van der Waals surface area contributed by atoms with Crippen LogP contribution in [0.5, 0.6) is 5.75 Å². The van der Waals surface area contributed by atoms with Gasteiger partial charge >= 0.3 is 0 Å². The highest BCUT2D eigenvalue weighted by atomic mass is 35.5. The topological polar surface area (TPSA) is 64.3 Å². The Morgan fingerprint density at radius 3 is 2.65 bits per heavy atom. The van der Waals surface area contributed by atoms with E-state index in [1.54, 1.807) is 14.0 Å². The first-order valence-electron chi connectivity index (χ1n) is 5.21. The summed E-state index contributed by atoms with van der Waals surface area (Å²) < 4.78 is 5.15. The van der Waals surface area contributed by atoms with Gasteiger partial charge < -0.3 is 15.8 Å². The Kier molecular flexibility index (Phi) is 6.61. The van der Waals surface area contributed by atoms with Crippen molar-refractivity contribution in [3.05, 3.63) is 29.3 Å². The van der Waals surface area contributed by atoms with E-state index in [9.17, 15) is 4.79 Å². The van der Waals surface area contributed by atoms with Crippen LogP contribution < -0.4 is 15.8 Å². The normalized spacial score (nSPS) is 11.3. The second-order valence-electron chi connectivity index (χ2n) is 3.86. The predicted molar refractivity (Wildman–Crippen MR) is 70.5 cm³/mol. The fourth-order valence-electron chi connectivity index (χ4n) is 1.39. The molecule has 0 aliphatic carbocycles. The largest absolute Gasteiger partial charge is 0.497 e. The van der Waals surface area contributed by atoms with Crippen molar-refractivity contribution in [2.45, 2.75) is 26.4 Å². The lowest BCUT2D eigenvalue weighted by atomic mass is 10.1. The van der Waals surface area contributed by atoms with Crippen molar-refractivity contribution in [2.75, 3.05) is 7.11 Å². The van der Waals surface area contributed by atoms with Crippen molar-refractivity contribution >= 4 is 18.3 Å². The molecule has 17 heavy (non-hydrogen) atoms. The van der Waals surface area contributed by atoms with Crippen molar-refractivity contribution in [1.29, 1.82) is 0 Å². The van der Waals surface area contributed by atoms with Gasteiger partial charge in [0, 0.05) is 6.54 Å². The number of benzene rings is 1. The number of rotatable bonds is 4. The summed E-state index contributed by atoms with van der Waals surface area (Å²) in [4.78, 5) is 11.3. The molecule has 0 saturated heterocycles. The minimum Gasteiger partial charge on any atom is -0.497 e. The van der Waals surface area contributed by atoms with Crippen LogP contribution in [0.2, 0.25) is 0 Å². The van der Waals surface area contributed by atoms with Gasteiger partial charge in [0.05, 0.1) is 13.2 Å². The van der Waals surface area contributed by atoms with Crippen LogP contribution in [0.4, 0.5) is 0 Å². The van der Waals surface area contributed by atoms with Crippen molar-refractivity contribution in [2.24, 2.45) is 5.73 Å². The zero-order chi connectivity index (χ0) is 12.1. The monoisotopic (exact) mass is 258 g/mol. The van der Waals surface area contributed by atoms with Crippen LogP contribution in [0.1, 0.15) is 18.1 Å². The molecule has 0 aliphatic rings. The number of halogens is 1. The molecule has 5 heteroatoms. The zero-order valence-electron chi connectivity index (χ0n) is 10.3.